The van der Waals surface area contributed by atoms with Crippen molar-refractivity contribution in [1.82, 2.24) is 0 Å². The summed E-state index contributed by atoms with van der Waals surface area (Å²) < 4.78 is 12.1. The zero-order valence-corrected chi connectivity index (χ0v) is 11.1. The van der Waals surface area contributed by atoms with Gasteiger partial charge in [-0.15, -0.1) is 0 Å². The van der Waals surface area contributed by atoms with Crippen molar-refractivity contribution in [3.8, 4) is 0 Å². The smallest absolute Gasteiger partial charge is 0.192 e. The van der Waals surface area contributed by atoms with Gasteiger partial charge in [0, 0.05) is 33.1 Å². The van der Waals surface area contributed by atoms with E-state index < -0.39 is 5.79 Å². The number of hydrogen-bond donors (Lipinski definition) is 0. The van der Waals surface area contributed by atoms with Gasteiger partial charge in [0.15, 0.2) is 5.79 Å². The van der Waals surface area contributed by atoms with E-state index in [1.54, 1.807) is 0 Å². The standard InChI is InChI=1S/C10H11BrO2.Mg/c1-10(12-6-7-13-10)8-2-4-9(11)5-3-8;/h2-5H,6-7H2,1H3;. The second-order valence-electron chi connectivity index (χ2n) is 3.15. The third kappa shape index (κ3) is 2.49. The van der Waals surface area contributed by atoms with Gasteiger partial charge in [-0.2, -0.15) is 0 Å². The van der Waals surface area contributed by atoms with E-state index in [0.29, 0.717) is 13.2 Å². The summed E-state index contributed by atoms with van der Waals surface area (Å²) in [6, 6.07) is 8.00. The Morgan fingerprint density at radius 1 is 1.14 bits per heavy atom. The second kappa shape index (κ2) is 4.94. The van der Waals surface area contributed by atoms with Crippen molar-refractivity contribution in [3.05, 3.63) is 34.3 Å². The molecule has 0 spiro atoms. The fraction of sp³-hybridized carbons (Fsp3) is 0.400. The first-order chi connectivity index (χ1) is 6.21. The zero-order valence-electron chi connectivity index (χ0n) is 8.13. The number of halogens is 1. The molecule has 0 saturated carbocycles. The van der Waals surface area contributed by atoms with Crippen LogP contribution in [0.5, 0.6) is 0 Å². The van der Waals surface area contributed by atoms with Crippen LogP contribution < -0.4 is 0 Å². The molecule has 1 saturated heterocycles. The maximum Gasteiger partial charge on any atom is 0.192 e. The number of hydrogen-bond acceptors (Lipinski definition) is 2. The molecule has 2 nitrogen and oxygen atoms in total. The third-order valence-electron chi connectivity index (χ3n) is 2.21. The lowest BCUT2D eigenvalue weighted by Gasteiger charge is -2.22. The second-order valence-corrected chi connectivity index (χ2v) is 4.07. The van der Waals surface area contributed by atoms with Crippen LogP contribution in [0, 0.1) is 0 Å². The van der Waals surface area contributed by atoms with E-state index in [0.717, 1.165) is 10.0 Å². The van der Waals surface area contributed by atoms with Crippen LogP contribution in [0.4, 0.5) is 0 Å². The van der Waals surface area contributed by atoms with Gasteiger partial charge in [0.05, 0.1) is 13.2 Å². The van der Waals surface area contributed by atoms with Gasteiger partial charge in [-0.3, -0.25) is 0 Å². The lowest BCUT2D eigenvalue weighted by atomic mass is 10.1. The molecular weight excluding hydrogens is 256 g/mol. The molecule has 0 unspecified atom stereocenters. The van der Waals surface area contributed by atoms with Crippen molar-refractivity contribution in [3.63, 3.8) is 0 Å². The Kier molecular flexibility index (Phi) is 4.40. The molecule has 2 radical (unpaired) electrons. The zero-order chi connectivity index (χ0) is 9.31. The molecule has 2 rings (SSSR count). The number of ether oxygens (including phenoxy) is 2. The molecule has 14 heavy (non-hydrogen) atoms. The van der Waals surface area contributed by atoms with Gasteiger partial charge in [-0.25, -0.2) is 0 Å². The molecule has 0 bridgehead atoms. The highest BCUT2D eigenvalue weighted by Crippen LogP contribution is 2.31. The highest BCUT2D eigenvalue weighted by molar-refractivity contribution is 9.10. The minimum atomic E-state index is -0.541. The maximum absolute atomic E-state index is 5.53. The van der Waals surface area contributed by atoms with Crippen LogP contribution in [-0.4, -0.2) is 36.3 Å². The van der Waals surface area contributed by atoms with E-state index in [4.69, 9.17) is 9.47 Å². The fourth-order valence-electron chi connectivity index (χ4n) is 1.43. The van der Waals surface area contributed by atoms with E-state index in [2.05, 4.69) is 15.9 Å². The van der Waals surface area contributed by atoms with Crippen LogP contribution in [0.15, 0.2) is 28.7 Å². The topological polar surface area (TPSA) is 18.5 Å². The van der Waals surface area contributed by atoms with Gasteiger partial charge in [0.2, 0.25) is 0 Å². The molecule has 72 valence electrons. The SMILES string of the molecule is CC1(c2ccc(Br)cc2)OCCO1.[Mg]. The minimum absolute atomic E-state index is 0. The summed E-state index contributed by atoms with van der Waals surface area (Å²) in [5.41, 5.74) is 1.06. The van der Waals surface area contributed by atoms with Crippen molar-refractivity contribution in [2.45, 2.75) is 12.7 Å². The predicted octanol–water partition coefficient (Wildman–Crippen LogP) is 2.29. The van der Waals surface area contributed by atoms with Gasteiger partial charge in [-0.1, -0.05) is 28.1 Å². The Hall–Kier alpha value is 0.386. The number of rotatable bonds is 1. The highest BCUT2D eigenvalue weighted by Gasteiger charge is 2.32. The van der Waals surface area contributed by atoms with E-state index in [1.165, 1.54) is 0 Å². The summed E-state index contributed by atoms with van der Waals surface area (Å²) >= 11 is 3.39. The Labute approximate surface area is 108 Å². The quantitative estimate of drug-likeness (QED) is 0.727. The molecule has 1 aromatic rings. The Balaban J connectivity index is 0.000000980. The van der Waals surface area contributed by atoms with Crippen LogP contribution in [-0.2, 0) is 15.3 Å². The summed E-state index contributed by atoms with van der Waals surface area (Å²) in [7, 11) is 0. The normalized spacial score (nSPS) is 19.0. The molecule has 1 aromatic carbocycles. The van der Waals surface area contributed by atoms with Gasteiger partial charge in [0.1, 0.15) is 0 Å². The monoisotopic (exact) mass is 266 g/mol. The first kappa shape index (κ1) is 12.5. The first-order valence-corrected chi connectivity index (χ1v) is 5.04. The molecule has 1 aliphatic heterocycles. The van der Waals surface area contributed by atoms with Crippen molar-refractivity contribution in [2.75, 3.05) is 13.2 Å². The van der Waals surface area contributed by atoms with Crippen molar-refractivity contribution >= 4 is 39.0 Å². The van der Waals surface area contributed by atoms with Crippen molar-refractivity contribution in [1.29, 1.82) is 0 Å². The van der Waals surface area contributed by atoms with Gasteiger partial charge >= 0.3 is 0 Å². The van der Waals surface area contributed by atoms with Crippen molar-refractivity contribution < 1.29 is 9.47 Å². The maximum atomic E-state index is 5.53. The molecule has 1 heterocycles. The van der Waals surface area contributed by atoms with E-state index in [-0.39, 0.29) is 23.1 Å². The molecule has 0 aromatic heterocycles. The van der Waals surface area contributed by atoms with Gasteiger partial charge < -0.3 is 9.47 Å². The molecule has 0 aliphatic carbocycles. The average Bonchev–Trinajstić information content (AvgIpc) is 2.54. The van der Waals surface area contributed by atoms with E-state index >= 15 is 0 Å². The van der Waals surface area contributed by atoms with E-state index in [1.807, 2.05) is 31.2 Å². The van der Waals surface area contributed by atoms with Crippen LogP contribution in [0.3, 0.4) is 0 Å². The Morgan fingerprint density at radius 2 is 1.64 bits per heavy atom. The Bertz CT molecular complexity index is 293. The highest BCUT2D eigenvalue weighted by atomic mass is 79.9. The molecule has 0 amide bonds. The molecule has 1 fully saturated rings. The van der Waals surface area contributed by atoms with Crippen LogP contribution in [0.25, 0.3) is 0 Å². The summed E-state index contributed by atoms with van der Waals surface area (Å²) in [4.78, 5) is 0. The molecule has 0 atom stereocenters. The summed E-state index contributed by atoms with van der Waals surface area (Å²) in [5, 5.41) is 0. The van der Waals surface area contributed by atoms with E-state index in [9.17, 15) is 0 Å². The van der Waals surface area contributed by atoms with Crippen LogP contribution in [0.1, 0.15) is 12.5 Å². The third-order valence-corrected chi connectivity index (χ3v) is 2.74. The average molecular weight is 267 g/mol. The molecule has 0 N–H and O–H groups in total. The van der Waals surface area contributed by atoms with Crippen molar-refractivity contribution in [2.24, 2.45) is 0 Å². The fourth-order valence-corrected chi connectivity index (χ4v) is 1.70. The summed E-state index contributed by atoms with van der Waals surface area (Å²) in [5.74, 6) is -0.541. The Morgan fingerprint density at radius 3 is 2.14 bits per heavy atom. The van der Waals surface area contributed by atoms with Crippen LogP contribution >= 0.6 is 15.9 Å². The minimum Gasteiger partial charge on any atom is -0.344 e. The molecule has 1 aliphatic rings. The number of benzene rings is 1. The molecule has 4 heteroatoms. The first-order valence-electron chi connectivity index (χ1n) is 4.25. The van der Waals surface area contributed by atoms with Gasteiger partial charge in [-0.05, 0) is 19.1 Å². The predicted molar refractivity (Wildman–Crippen MR) is 59.2 cm³/mol. The lowest BCUT2D eigenvalue weighted by molar-refractivity contribution is -0.149. The van der Waals surface area contributed by atoms with Crippen LogP contribution in [0.2, 0.25) is 0 Å². The van der Waals surface area contributed by atoms with Gasteiger partial charge in [0.25, 0.3) is 0 Å². The largest absolute Gasteiger partial charge is 0.344 e. The summed E-state index contributed by atoms with van der Waals surface area (Å²) in [6.07, 6.45) is 0. The summed E-state index contributed by atoms with van der Waals surface area (Å²) in [6.45, 7) is 3.29. The molecular formula is C10H11BrMgO2. The lowest BCUT2D eigenvalue weighted by Crippen LogP contribution is -2.21.